The van der Waals surface area contributed by atoms with Gasteiger partial charge in [0.25, 0.3) is 0 Å². The van der Waals surface area contributed by atoms with Gasteiger partial charge < -0.3 is 19.5 Å². The van der Waals surface area contributed by atoms with E-state index >= 15 is 0 Å². The summed E-state index contributed by atoms with van der Waals surface area (Å²) in [7, 11) is 1.68. The van der Waals surface area contributed by atoms with Crippen LogP contribution in [-0.4, -0.2) is 31.8 Å². The lowest BCUT2D eigenvalue weighted by atomic mass is 10.00. The van der Waals surface area contributed by atoms with Gasteiger partial charge in [0.05, 0.1) is 24.6 Å². The van der Waals surface area contributed by atoms with Gasteiger partial charge in [0.2, 0.25) is 0 Å². The molecule has 1 atom stereocenters. The zero-order valence-corrected chi connectivity index (χ0v) is 17.3. The van der Waals surface area contributed by atoms with Crippen LogP contribution in [0.2, 0.25) is 0 Å². The number of hydrogen-bond donors (Lipinski definition) is 1. The van der Waals surface area contributed by atoms with E-state index in [0.29, 0.717) is 13.2 Å². The van der Waals surface area contributed by atoms with E-state index in [4.69, 9.17) is 19.2 Å². The first-order valence-corrected chi connectivity index (χ1v) is 10.3. The Labute approximate surface area is 168 Å². The van der Waals surface area contributed by atoms with Gasteiger partial charge >= 0.3 is 0 Å². The fraction of sp³-hybridized carbons (Fsp3) is 0.522. The number of aromatic nitrogens is 1. The summed E-state index contributed by atoms with van der Waals surface area (Å²) in [6.45, 7) is 7.52. The highest BCUT2D eigenvalue weighted by molar-refractivity contribution is 5.48. The van der Waals surface area contributed by atoms with Gasteiger partial charge in [-0.3, -0.25) is 4.98 Å². The van der Waals surface area contributed by atoms with E-state index in [-0.39, 0.29) is 6.29 Å². The number of nitrogens with one attached hydrogen (secondary N) is 1. The number of aryl methyl sites for hydroxylation is 1. The number of benzene rings is 1. The molecule has 1 N–H and O–H groups in total. The Kier molecular flexibility index (Phi) is 7.83. The van der Waals surface area contributed by atoms with Crippen LogP contribution in [0.15, 0.2) is 30.3 Å². The van der Waals surface area contributed by atoms with Gasteiger partial charge in [-0.2, -0.15) is 0 Å². The number of hydrogen-bond acceptors (Lipinski definition) is 5. The highest BCUT2D eigenvalue weighted by Crippen LogP contribution is 2.40. The summed E-state index contributed by atoms with van der Waals surface area (Å²) < 4.78 is 17.6. The monoisotopic (exact) mass is 384 g/mol. The van der Waals surface area contributed by atoms with Crippen LogP contribution in [0.3, 0.4) is 0 Å². The molecule has 0 aliphatic carbocycles. The van der Waals surface area contributed by atoms with Gasteiger partial charge in [0, 0.05) is 24.7 Å². The Morgan fingerprint density at radius 2 is 2.00 bits per heavy atom. The Balaban J connectivity index is 1.73. The van der Waals surface area contributed by atoms with E-state index in [9.17, 15) is 0 Å². The van der Waals surface area contributed by atoms with Crippen molar-refractivity contribution in [2.24, 2.45) is 0 Å². The molecule has 0 bridgehead atoms. The maximum Gasteiger partial charge on any atom is 0.186 e. The zero-order chi connectivity index (χ0) is 19.8. The fourth-order valence-electron chi connectivity index (χ4n) is 3.62. The van der Waals surface area contributed by atoms with Crippen LogP contribution in [0, 0.1) is 6.92 Å². The van der Waals surface area contributed by atoms with Crippen LogP contribution < -0.4 is 10.1 Å². The molecule has 152 valence electrons. The lowest BCUT2D eigenvalue weighted by Gasteiger charge is -2.17. The van der Waals surface area contributed by atoms with Crippen LogP contribution in [0.25, 0.3) is 0 Å². The van der Waals surface area contributed by atoms with Crippen molar-refractivity contribution in [3.63, 3.8) is 0 Å². The van der Waals surface area contributed by atoms with E-state index in [2.05, 4.69) is 36.5 Å². The van der Waals surface area contributed by atoms with Gasteiger partial charge in [0.1, 0.15) is 5.75 Å². The predicted octanol–water partition coefficient (Wildman–Crippen LogP) is 4.31. The van der Waals surface area contributed by atoms with E-state index in [1.165, 1.54) is 12.0 Å². The van der Waals surface area contributed by atoms with E-state index in [0.717, 1.165) is 60.6 Å². The second kappa shape index (κ2) is 10.6. The maximum absolute atomic E-state index is 6.16. The topological polar surface area (TPSA) is 52.6 Å². The number of rotatable bonds is 11. The lowest BCUT2D eigenvalue weighted by Crippen LogP contribution is -2.16. The molecule has 0 saturated carbocycles. The number of fused-ring (bicyclic) bond motifs is 1. The number of nitrogens with zero attached hydrogens (tertiary/aromatic N) is 1. The van der Waals surface area contributed by atoms with E-state index in [1.54, 1.807) is 7.11 Å². The molecule has 1 aromatic heterocycles. The molecule has 3 rings (SSSR count). The molecule has 2 heterocycles. The number of methoxy groups -OCH3 is 1. The average Bonchev–Trinajstić information content (AvgIpc) is 3.14. The van der Waals surface area contributed by atoms with Crippen molar-refractivity contribution in [2.45, 2.75) is 52.4 Å². The summed E-state index contributed by atoms with van der Waals surface area (Å²) in [4.78, 5) is 4.88. The van der Waals surface area contributed by atoms with Gasteiger partial charge in [-0.15, -0.1) is 0 Å². The second-order valence-corrected chi connectivity index (χ2v) is 7.21. The molecule has 1 aliphatic rings. The SMILES string of the molecule is CCCNCCCCOc1c(C)nc(Cc2ccccc2)c2c1COC2OC. The second-order valence-electron chi connectivity index (χ2n) is 7.21. The van der Waals surface area contributed by atoms with Gasteiger partial charge in [-0.1, -0.05) is 37.3 Å². The lowest BCUT2D eigenvalue weighted by molar-refractivity contribution is -0.118. The summed E-state index contributed by atoms with van der Waals surface area (Å²) in [6.07, 6.45) is 3.69. The van der Waals surface area contributed by atoms with Crippen molar-refractivity contribution in [1.82, 2.24) is 10.3 Å². The Bertz CT molecular complexity index is 749. The molecule has 1 unspecified atom stereocenters. The molecule has 1 aromatic carbocycles. The molecule has 5 heteroatoms. The van der Waals surface area contributed by atoms with Gasteiger partial charge in [-0.25, -0.2) is 0 Å². The predicted molar refractivity (Wildman–Crippen MR) is 111 cm³/mol. The minimum Gasteiger partial charge on any atom is -0.491 e. The molecular formula is C23H32N2O3. The molecule has 0 amide bonds. The molecule has 0 saturated heterocycles. The third-order valence-electron chi connectivity index (χ3n) is 5.01. The first-order chi connectivity index (χ1) is 13.7. The molecule has 2 aromatic rings. The summed E-state index contributed by atoms with van der Waals surface area (Å²) in [5.41, 5.74) is 5.30. The molecule has 28 heavy (non-hydrogen) atoms. The highest BCUT2D eigenvalue weighted by atomic mass is 16.7. The van der Waals surface area contributed by atoms with Crippen LogP contribution in [0.5, 0.6) is 5.75 Å². The first-order valence-electron chi connectivity index (χ1n) is 10.3. The summed E-state index contributed by atoms with van der Waals surface area (Å²) in [5.74, 6) is 0.868. The number of unbranched alkanes of at least 4 members (excludes halogenated alkanes) is 1. The molecular weight excluding hydrogens is 352 g/mol. The van der Waals surface area contributed by atoms with Crippen molar-refractivity contribution < 1.29 is 14.2 Å². The van der Waals surface area contributed by atoms with E-state index in [1.807, 2.05) is 13.0 Å². The molecule has 0 spiro atoms. The normalized spacial score (nSPS) is 15.6. The first kappa shape index (κ1) is 20.8. The Hall–Kier alpha value is -1.95. The quantitative estimate of drug-likeness (QED) is 0.585. The summed E-state index contributed by atoms with van der Waals surface area (Å²) in [6, 6.07) is 10.4. The fourth-order valence-corrected chi connectivity index (χ4v) is 3.62. The van der Waals surface area contributed by atoms with Crippen molar-refractivity contribution in [3.8, 4) is 5.75 Å². The zero-order valence-electron chi connectivity index (χ0n) is 17.3. The Morgan fingerprint density at radius 1 is 1.18 bits per heavy atom. The average molecular weight is 385 g/mol. The minimum absolute atomic E-state index is 0.373. The van der Waals surface area contributed by atoms with Gasteiger partial charge in [-0.05, 0) is 44.8 Å². The van der Waals surface area contributed by atoms with Crippen molar-refractivity contribution in [1.29, 1.82) is 0 Å². The van der Waals surface area contributed by atoms with Crippen LogP contribution in [0.1, 0.15) is 60.6 Å². The smallest absolute Gasteiger partial charge is 0.186 e. The standard InChI is InChI=1S/C23H32N2O3/c1-4-12-24-13-8-9-14-27-22-17(2)25-20(15-18-10-6-5-7-11-18)21-19(22)16-28-23(21)26-3/h5-7,10-11,23-24H,4,8-9,12-16H2,1-3H3. The minimum atomic E-state index is -0.373. The summed E-state index contributed by atoms with van der Waals surface area (Å²) in [5, 5.41) is 3.43. The third kappa shape index (κ3) is 5.10. The third-order valence-corrected chi connectivity index (χ3v) is 5.01. The Morgan fingerprint density at radius 3 is 2.75 bits per heavy atom. The summed E-state index contributed by atoms with van der Waals surface area (Å²) >= 11 is 0. The van der Waals surface area contributed by atoms with Crippen LogP contribution in [-0.2, 0) is 22.5 Å². The van der Waals surface area contributed by atoms with Crippen LogP contribution >= 0.6 is 0 Å². The number of ether oxygens (including phenoxy) is 3. The molecule has 0 fully saturated rings. The van der Waals surface area contributed by atoms with Crippen molar-refractivity contribution >= 4 is 0 Å². The molecule has 0 radical (unpaired) electrons. The van der Waals surface area contributed by atoms with E-state index < -0.39 is 0 Å². The molecule has 5 nitrogen and oxygen atoms in total. The largest absolute Gasteiger partial charge is 0.491 e. The number of pyridine rings is 1. The van der Waals surface area contributed by atoms with Crippen molar-refractivity contribution in [3.05, 3.63) is 58.4 Å². The van der Waals surface area contributed by atoms with Crippen molar-refractivity contribution in [2.75, 3.05) is 26.8 Å². The van der Waals surface area contributed by atoms with Gasteiger partial charge in [0.15, 0.2) is 6.29 Å². The molecule has 1 aliphatic heterocycles. The van der Waals surface area contributed by atoms with Crippen LogP contribution in [0.4, 0.5) is 0 Å². The highest BCUT2D eigenvalue weighted by Gasteiger charge is 2.31. The maximum atomic E-state index is 6.16.